The minimum atomic E-state index is 0.0996. The second-order valence-corrected chi connectivity index (χ2v) is 30.3. The van der Waals surface area contributed by atoms with Gasteiger partial charge in [0.25, 0.3) is 0 Å². The van der Waals surface area contributed by atoms with E-state index < -0.39 is 0 Å². The van der Waals surface area contributed by atoms with Gasteiger partial charge in [0.05, 0.1) is 0 Å². The molecule has 19 rings (SSSR count). The first kappa shape index (κ1) is 86.6. The average molecular weight is 1620 g/mol. The lowest BCUT2D eigenvalue weighted by Crippen LogP contribution is -2.04. The molecule has 0 fully saturated rings. The van der Waals surface area contributed by atoms with Crippen molar-refractivity contribution < 1.29 is 75.8 Å². The molecule has 0 atom stereocenters. The van der Waals surface area contributed by atoms with Gasteiger partial charge in [-0.05, 0) is 289 Å². The summed E-state index contributed by atoms with van der Waals surface area (Å²) in [6.45, 7) is 0.797. The van der Waals surface area contributed by atoms with Gasteiger partial charge in [0.15, 0.2) is 54.3 Å². The Morgan fingerprint density at radius 2 is 0.225 bits per heavy atom. The van der Waals surface area contributed by atoms with E-state index in [0.717, 1.165) is 147 Å². The molecule has 12 aromatic carbocycles. The Kier molecular flexibility index (Phi) is 32.6. The lowest BCUT2D eigenvalue weighted by Gasteiger charge is -2.18. The van der Waals surface area contributed by atoms with E-state index in [9.17, 15) is 0 Å². The molecular formula is C104H112O16. The fourth-order valence-corrected chi connectivity index (χ4v) is 15.3. The number of benzene rings is 12. The van der Waals surface area contributed by atoms with Crippen LogP contribution in [0.25, 0.3) is 44.5 Å². The van der Waals surface area contributed by atoms with Crippen molar-refractivity contribution in [2.75, 3.05) is 111 Å². The lowest BCUT2D eigenvalue weighted by molar-refractivity contribution is 0.0500. The molecular weight excluding hydrogens is 1510 g/mol. The normalized spacial score (nSPS) is 13.0. The third-order valence-corrected chi connectivity index (χ3v) is 21.9. The number of rotatable bonds is 24. The lowest BCUT2D eigenvalue weighted by atomic mass is 9.93. The van der Waals surface area contributed by atoms with Gasteiger partial charge in [-0.2, -0.15) is 0 Å². The zero-order chi connectivity index (χ0) is 83.0. The van der Waals surface area contributed by atoms with E-state index in [0.29, 0.717) is 46.0 Å². The summed E-state index contributed by atoms with van der Waals surface area (Å²) in [6, 6.07) is 87.6. The van der Waals surface area contributed by atoms with E-state index in [-0.39, 0.29) is 54.3 Å². The van der Waals surface area contributed by atoms with E-state index in [1.165, 1.54) is 89.0 Å². The predicted molar refractivity (Wildman–Crippen MR) is 473 cm³/mol. The van der Waals surface area contributed by atoms with Crippen LogP contribution >= 0.6 is 0 Å². The van der Waals surface area contributed by atoms with Gasteiger partial charge < -0.3 is 75.8 Å². The van der Waals surface area contributed by atoms with E-state index in [4.69, 9.17) is 75.8 Å². The number of methoxy groups -OCH3 is 8. The van der Waals surface area contributed by atoms with Crippen molar-refractivity contribution in [1.82, 2.24) is 0 Å². The molecule has 0 aliphatic heterocycles. The van der Waals surface area contributed by atoms with E-state index in [1.807, 2.05) is 48.5 Å². The van der Waals surface area contributed by atoms with Gasteiger partial charge in [-0.15, -0.1) is 0 Å². The predicted octanol–water partition coefficient (Wildman–Crippen LogP) is 20.8. The van der Waals surface area contributed by atoms with Crippen LogP contribution in [-0.2, 0) is 141 Å². The molecule has 0 saturated heterocycles. The maximum Gasteiger partial charge on any atom is 0.188 e. The summed E-state index contributed by atoms with van der Waals surface area (Å²) in [5.74, 6) is 5.66. The quantitative estimate of drug-likeness (QED) is 0.0528. The molecule has 120 heavy (non-hydrogen) atoms. The van der Waals surface area contributed by atoms with Crippen LogP contribution in [0.2, 0.25) is 0 Å². The Bertz CT molecular complexity index is 4240. The Morgan fingerprint density at radius 3 is 0.325 bits per heavy atom. The van der Waals surface area contributed by atoms with Gasteiger partial charge >= 0.3 is 0 Å². The molecule has 0 N–H and O–H groups in total. The first-order chi connectivity index (χ1) is 59.1. The maximum absolute atomic E-state index is 6.29. The molecule has 0 amide bonds. The molecule has 16 nitrogen and oxygen atoms in total. The Morgan fingerprint density at radius 1 is 0.133 bits per heavy atom. The van der Waals surface area contributed by atoms with Crippen LogP contribution in [-0.4, -0.2) is 111 Å². The molecule has 0 aromatic heterocycles. The van der Waals surface area contributed by atoms with Crippen molar-refractivity contribution >= 4 is 0 Å². The van der Waals surface area contributed by atoms with Crippen molar-refractivity contribution in [2.24, 2.45) is 0 Å². The average Bonchev–Trinajstić information content (AvgIpc) is 0.812. The molecule has 0 spiro atoms. The largest absolute Gasteiger partial charge is 0.467 e. The third-order valence-electron chi connectivity index (χ3n) is 21.9. The summed E-state index contributed by atoms with van der Waals surface area (Å²) < 4.78 is 94.0. The molecule has 24 bridgehead atoms. The Balaban J connectivity index is 0.782. The van der Waals surface area contributed by atoms with E-state index in [2.05, 4.69) is 194 Å². The maximum atomic E-state index is 6.29. The zero-order valence-corrected chi connectivity index (χ0v) is 70.6. The highest BCUT2D eigenvalue weighted by atomic mass is 16.7. The SMILES string of the molecule is COCOc1ccc2cc1-c1cc(ccc1OCOC)CCc1ccc(cc1)CCc1ccc(OCOC)c(c1)-c1cc(ccc1OCOC)CCc1ccc(cc1)CCc1ccc(OCOC)c(c1)-c1cc(ccc1OCOC)CCc1ccc(cc1)CCc1ccc(OCOC)c(c1)-c1cc(ccc1OCOC)CCc1ccc(cc1)CC2. The van der Waals surface area contributed by atoms with Crippen molar-refractivity contribution in [3.8, 4) is 90.5 Å². The second-order valence-electron chi connectivity index (χ2n) is 30.3. The van der Waals surface area contributed by atoms with E-state index in [1.54, 1.807) is 56.9 Å². The summed E-state index contributed by atoms with van der Waals surface area (Å²) in [7, 11) is 13.1. The van der Waals surface area contributed by atoms with Crippen LogP contribution in [0.4, 0.5) is 0 Å². The van der Waals surface area contributed by atoms with Crippen LogP contribution in [0.5, 0.6) is 46.0 Å². The van der Waals surface area contributed by atoms with Crippen LogP contribution < -0.4 is 37.9 Å². The summed E-state index contributed by atoms with van der Waals surface area (Å²) in [5, 5.41) is 0. The molecule has 0 unspecified atom stereocenters. The first-order valence-corrected chi connectivity index (χ1v) is 41.4. The molecule has 0 saturated carbocycles. The molecule has 7 aliphatic carbocycles. The molecule has 12 aromatic rings. The van der Waals surface area contributed by atoms with Gasteiger partial charge in [0, 0.05) is 101 Å². The van der Waals surface area contributed by atoms with Gasteiger partial charge in [0.2, 0.25) is 0 Å². The fourth-order valence-electron chi connectivity index (χ4n) is 15.3. The third kappa shape index (κ3) is 24.5. The molecule has 7 aliphatic rings. The minimum Gasteiger partial charge on any atom is -0.467 e. The standard InChI is InChI=1S/C104H112O16/c1-105-65-113-97-49-41-81-33-25-73-9-11-75(12-10-73)27-35-83-43-51-99(115-67-107-3)91(59-83)93-61-85(45-53-101(93)117-69-109-5)37-29-77-17-19-79(20-18-77)31-39-87-47-55-103(119-71-111-7)95(63-87)96-64-88(48-56-104(96)120-72-112-8)40-32-80-23-21-78(22-24-80)30-38-86-46-54-102(118-70-110-6)94(62-86)92-60-84(44-52-100(92)116-68-108-4)36-28-76-15-13-74(14-16-76)26-34-82-42-50-98(114-66-106-2)90(58-82)89(97)57-81/h9-24,41-64H,25-40,65-72H2,1-8H3. The highest BCUT2D eigenvalue weighted by Gasteiger charge is 2.22. The number of ether oxygens (including phenoxy) is 16. The molecule has 0 radical (unpaired) electrons. The summed E-state index contributed by atoms with van der Waals surface area (Å²) in [6.07, 6.45) is 13.3. The van der Waals surface area contributed by atoms with Gasteiger partial charge in [-0.25, -0.2) is 0 Å². The van der Waals surface area contributed by atoms with Crippen molar-refractivity contribution in [3.05, 3.63) is 332 Å². The van der Waals surface area contributed by atoms with Gasteiger partial charge in [0.1, 0.15) is 46.0 Å². The smallest absolute Gasteiger partial charge is 0.188 e. The Hall–Kier alpha value is -11.3. The van der Waals surface area contributed by atoms with E-state index >= 15 is 0 Å². The van der Waals surface area contributed by atoms with Gasteiger partial charge in [-0.3, -0.25) is 0 Å². The number of hydrogen-bond acceptors (Lipinski definition) is 16. The first-order valence-electron chi connectivity index (χ1n) is 41.4. The van der Waals surface area contributed by atoms with Crippen LogP contribution in [0.1, 0.15) is 89.0 Å². The van der Waals surface area contributed by atoms with Crippen LogP contribution in [0.3, 0.4) is 0 Å². The number of aryl methyl sites for hydroxylation is 16. The van der Waals surface area contributed by atoms with Crippen molar-refractivity contribution in [1.29, 1.82) is 0 Å². The Labute approximate surface area is 708 Å². The highest BCUT2D eigenvalue weighted by molar-refractivity contribution is 5.81. The monoisotopic (exact) mass is 1620 g/mol. The minimum absolute atomic E-state index is 0.0996. The van der Waals surface area contributed by atoms with Gasteiger partial charge in [-0.1, -0.05) is 146 Å². The van der Waals surface area contributed by atoms with Crippen LogP contribution in [0.15, 0.2) is 243 Å². The van der Waals surface area contributed by atoms with Crippen LogP contribution in [0, 0.1) is 0 Å². The topological polar surface area (TPSA) is 148 Å². The fraction of sp³-hybridized carbons (Fsp3) is 0.308. The molecule has 0 heterocycles. The zero-order valence-electron chi connectivity index (χ0n) is 70.6. The molecule has 16 heteroatoms. The van der Waals surface area contributed by atoms with Crippen molar-refractivity contribution in [2.45, 2.75) is 103 Å². The highest BCUT2D eigenvalue weighted by Crippen LogP contribution is 2.44. The molecule has 624 valence electrons. The number of hydrogen-bond donors (Lipinski definition) is 0. The summed E-state index contributed by atoms with van der Waals surface area (Å²) in [5.41, 5.74) is 26.8. The summed E-state index contributed by atoms with van der Waals surface area (Å²) in [4.78, 5) is 0. The summed E-state index contributed by atoms with van der Waals surface area (Å²) >= 11 is 0. The second kappa shape index (κ2) is 45.2. The van der Waals surface area contributed by atoms with Crippen molar-refractivity contribution in [3.63, 3.8) is 0 Å².